The second-order valence-electron chi connectivity index (χ2n) is 5.65. The molecule has 0 aliphatic heterocycles. The normalized spacial score (nSPS) is 26.3. The van der Waals surface area contributed by atoms with Crippen molar-refractivity contribution in [1.82, 2.24) is 5.32 Å². The standard InChI is InChI=1S/C15H18Br2FNO/c1-10-5-7-15(9-16,8-6-10)19-14(20)13-11(17)3-2-4-12(13)18/h2-4,10H,5-9H2,1H3,(H,19,20). The summed E-state index contributed by atoms with van der Waals surface area (Å²) >= 11 is 6.76. The molecule has 5 heteroatoms. The van der Waals surface area contributed by atoms with Crippen molar-refractivity contribution in [1.29, 1.82) is 0 Å². The van der Waals surface area contributed by atoms with Crippen LogP contribution in [-0.4, -0.2) is 16.8 Å². The Morgan fingerprint density at radius 2 is 2.10 bits per heavy atom. The van der Waals surface area contributed by atoms with Crippen molar-refractivity contribution in [3.05, 3.63) is 34.1 Å². The minimum Gasteiger partial charge on any atom is -0.346 e. The Morgan fingerprint density at radius 1 is 1.45 bits per heavy atom. The van der Waals surface area contributed by atoms with E-state index in [-0.39, 0.29) is 17.0 Å². The fourth-order valence-electron chi connectivity index (χ4n) is 2.62. The Hall–Kier alpha value is -0.420. The van der Waals surface area contributed by atoms with Crippen LogP contribution >= 0.6 is 31.9 Å². The van der Waals surface area contributed by atoms with Crippen molar-refractivity contribution in [2.24, 2.45) is 5.92 Å². The van der Waals surface area contributed by atoms with Crippen molar-refractivity contribution >= 4 is 37.8 Å². The van der Waals surface area contributed by atoms with Crippen LogP contribution in [0.1, 0.15) is 43.0 Å². The fraction of sp³-hybridized carbons (Fsp3) is 0.533. The molecule has 0 aromatic heterocycles. The van der Waals surface area contributed by atoms with E-state index in [9.17, 15) is 9.18 Å². The molecule has 0 radical (unpaired) electrons. The first-order valence-electron chi connectivity index (χ1n) is 6.80. The largest absolute Gasteiger partial charge is 0.346 e. The quantitative estimate of drug-likeness (QED) is 0.726. The maximum Gasteiger partial charge on any atom is 0.255 e. The average Bonchev–Trinajstić information content (AvgIpc) is 2.41. The van der Waals surface area contributed by atoms with E-state index >= 15 is 0 Å². The Morgan fingerprint density at radius 3 is 2.65 bits per heavy atom. The number of benzene rings is 1. The summed E-state index contributed by atoms with van der Waals surface area (Å²) in [5.74, 6) is -0.144. The lowest BCUT2D eigenvalue weighted by atomic mass is 9.78. The summed E-state index contributed by atoms with van der Waals surface area (Å²) in [7, 11) is 0. The molecule has 0 atom stereocenters. The van der Waals surface area contributed by atoms with Gasteiger partial charge in [-0.3, -0.25) is 4.79 Å². The molecule has 1 N–H and O–H groups in total. The molecule has 110 valence electrons. The van der Waals surface area contributed by atoms with Gasteiger partial charge in [-0.2, -0.15) is 0 Å². The molecule has 1 fully saturated rings. The molecule has 1 aliphatic carbocycles. The average molecular weight is 407 g/mol. The zero-order chi connectivity index (χ0) is 14.8. The van der Waals surface area contributed by atoms with Gasteiger partial charge in [-0.05, 0) is 59.7 Å². The molecule has 20 heavy (non-hydrogen) atoms. The molecule has 0 saturated heterocycles. The highest BCUT2D eigenvalue weighted by Crippen LogP contribution is 2.34. The minimum absolute atomic E-state index is 0.0893. The van der Waals surface area contributed by atoms with Crippen molar-refractivity contribution in [3.63, 3.8) is 0 Å². The first-order valence-corrected chi connectivity index (χ1v) is 8.71. The lowest BCUT2D eigenvalue weighted by Crippen LogP contribution is -2.52. The van der Waals surface area contributed by atoms with Crippen molar-refractivity contribution < 1.29 is 9.18 Å². The predicted octanol–water partition coefficient (Wildman–Crippen LogP) is 4.66. The van der Waals surface area contributed by atoms with Gasteiger partial charge < -0.3 is 5.32 Å². The molecule has 2 nitrogen and oxygen atoms in total. The summed E-state index contributed by atoms with van der Waals surface area (Å²) in [6, 6.07) is 4.57. The van der Waals surface area contributed by atoms with Gasteiger partial charge in [0.15, 0.2) is 0 Å². The van der Waals surface area contributed by atoms with Crippen LogP contribution in [0.15, 0.2) is 22.7 Å². The van der Waals surface area contributed by atoms with E-state index in [0.717, 1.165) is 25.7 Å². The van der Waals surface area contributed by atoms with E-state index < -0.39 is 5.82 Å². The second kappa shape index (κ2) is 6.56. The monoisotopic (exact) mass is 405 g/mol. The van der Waals surface area contributed by atoms with Crippen LogP contribution < -0.4 is 5.32 Å². The molecule has 1 aliphatic rings. The summed E-state index contributed by atoms with van der Waals surface area (Å²) in [4.78, 5) is 12.4. The molecule has 0 heterocycles. The summed E-state index contributed by atoms with van der Waals surface area (Å²) in [6.45, 7) is 2.23. The van der Waals surface area contributed by atoms with Crippen molar-refractivity contribution in [2.75, 3.05) is 5.33 Å². The topological polar surface area (TPSA) is 29.1 Å². The molecule has 1 saturated carbocycles. The molecule has 1 amide bonds. The van der Waals surface area contributed by atoms with E-state index in [0.29, 0.717) is 15.7 Å². The third-order valence-corrected chi connectivity index (χ3v) is 5.79. The SMILES string of the molecule is CC1CCC(CBr)(NC(=O)c2c(F)cccc2Br)CC1. The van der Waals surface area contributed by atoms with Gasteiger partial charge in [0.25, 0.3) is 5.91 Å². The van der Waals surface area contributed by atoms with Crippen LogP contribution in [0.3, 0.4) is 0 Å². The smallest absolute Gasteiger partial charge is 0.255 e. The number of nitrogens with one attached hydrogen (secondary N) is 1. The first-order chi connectivity index (χ1) is 9.47. The highest BCUT2D eigenvalue weighted by atomic mass is 79.9. The van der Waals surface area contributed by atoms with Crippen LogP contribution in [0.25, 0.3) is 0 Å². The van der Waals surface area contributed by atoms with Gasteiger partial charge in [0.05, 0.1) is 11.1 Å². The second-order valence-corrected chi connectivity index (χ2v) is 7.06. The third kappa shape index (κ3) is 3.42. The Labute approximate surface area is 135 Å². The molecule has 0 bridgehead atoms. The number of alkyl halides is 1. The number of rotatable bonds is 3. The van der Waals surface area contributed by atoms with Gasteiger partial charge in [-0.1, -0.05) is 28.9 Å². The van der Waals surface area contributed by atoms with Gasteiger partial charge in [-0.15, -0.1) is 0 Å². The number of amides is 1. The lowest BCUT2D eigenvalue weighted by Gasteiger charge is -2.39. The number of hydrogen-bond donors (Lipinski definition) is 1. The predicted molar refractivity (Wildman–Crippen MR) is 85.7 cm³/mol. The van der Waals surface area contributed by atoms with Crippen LogP contribution in [0.2, 0.25) is 0 Å². The number of carbonyl (C=O) groups excluding carboxylic acids is 1. The van der Waals surface area contributed by atoms with E-state index in [1.54, 1.807) is 12.1 Å². The van der Waals surface area contributed by atoms with Gasteiger partial charge in [0.2, 0.25) is 0 Å². The van der Waals surface area contributed by atoms with E-state index in [4.69, 9.17) is 0 Å². The molecule has 1 aromatic carbocycles. The van der Waals surface area contributed by atoms with Crippen LogP contribution in [0.5, 0.6) is 0 Å². The molecular weight excluding hydrogens is 389 g/mol. The van der Waals surface area contributed by atoms with Crippen LogP contribution in [0.4, 0.5) is 4.39 Å². The van der Waals surface area contributed by atoms with Gasteiger partial charge in [-0.25, -0.2) is 4.39 Å². The molecular formula is C15H18Br2FNO. The lowest BCUT2D eigenvalue weighted by molar-refractivity contribution is 0.0869. The van der Waals surface area contributed by atoms with Gasteiger partial charge in [0.1, 0.15) is 5.82 Å². The maximum absolute atomic E-state index is 13.8. The first kappa shape index (κ1) is 16.0. The molecule has 0 unspecified atom stereocenters. The van der Waals surface area contributed by atoms with Crippen molar-refractivity contribution in [3.8, 4) is 0 Å². The van der Waals surface area contributed by atoms with Gasteiger partial charge >= 0.3 is 0 Å². The number of hydrogen-bond acceptors (Lipinski definition) is 1. The fourth-order valence-corrected chi connectivity index (χ4v) is 3.85. The van der Waals surface area contributed by atoms with Crippen molar-refractivity contribution in [2.45, 2.75) is 38.1 Å². The Bertz CT molecular complexity index is 478. The Balaban J connectivity index is 2.18. The summed E-state index contributed by atoms with van der Waals surface area (Å²) in [5, 5.41) is 3.74. The van der Waals surface area contributed by atoms with Crippen LogP contribution in [0, 0.1) is 11.7 Å². The molecule has 2 rings (SSSR count). The van der Waals surface area contributed by atoms with E-state index in [1.807, 2.05) is 0 Å². The molecule has 0 spiro atoms. The van der Waals surface area contributed by atoms with E-state index in [2.05, 4.69) is 44.1 Å². The van der Waals surface area contributed by atoms with Crippen LogP contribution in [-0.2, 0) is 0 Å². The highest BCUT2D eigenvalue weighted by molar-refractivity contribution is 9.10. The maximum atomic E-state index is 13.8. The van der Waals surface area contributed by atoms with E-state index in [1.165, 1.54) is 6.07 Å². The highest BCUT2D eigenvalue weighted by Gasteiger charge is 2.35. The minimum atomic E-state index is -0.495. The summed E-state index contributed by atoms with van der Waals surface area (Å²) < 4.78 is 14.3. The number of carbonyl (C=O) groups is 1. The zero-order valence-electron chi connectivity index (χ0n) is 11.4. The molecule has 1 aromatic rings. The zero-order valence-corrected chi connectivity index (χ0v) is 14.6. The summed E-state index contributed by atoms with van der Waals surface area (Å²) in [6.07, 6.45) is 4.03. The number of halogens is 3. The van der Waals surface area contributed by atoms with Gasteiger partial charge in [0, 0.05) is 9.80 Å². The third-order valence-electron chi connectivity index (χ3n) is 4.06. The Kier molecular flexibility index (Phi) is 5.24. The summed E-state index contributed by atoms with van der Waals surface area (Å²) in [5.41, 5.74) is -0.169.